The van der Waals surface area contributed by atoms with Gasteiger partial charge in [0.15, 0.2) is 0 Å². The number of hydrogen-bond donors (Lipinski definition) is 1. The molecule has 1 saturated heterocycles. The first-order valence-corrected chi connectivity index (χ1v) is 9.13. The zero-order valence-corrected chi connectivity index (χ0v) is 14.8. The van der Waals surface area contributed by atoms with Crippen LogP contribution in [-0.4, -0.2) is 29.1 Å². The van der Waals surface area contributed by atoms with E-state index in [1.165, 1.54) is 12.8 Å². The lowest BCUT2D eigenvalue weighted by atomic mass is 10.0. The normalized spacial score (nSPS) is 24.1. The van der Waals surface area contributed by atoms with Crippen LogP contribution >= 0.6 is 0 Å². The second kappa shape index (κ2) is 9.45. The van der Waals surface area contributed by atoms with Crippen molar-refractivity contribution in [2.45, 2.75) is 104 Å². The summed E-state index contributed by atoms with van der Waals surface area (Å²) in [7, 11) is 0. The summed E-state index contributed by atoms with van der Waals surface area (Å²) in [6, 6.07) is 0.478. The fraction of sp³-hybridized carbons (Fsp3) is 0.944. The van der Waals surface area contributed by atoms with E-state index in [2.05, 4.69) is 44.8 Å². The summed E-state index contributed by atoms with van der Waals surface area (Å²) in [6.45, 7) is 11.1. The zero-order valence-electron chi connectivity index (χ0n) is 14.8. The van der Waals surface area contributed by atoms with Gasteiger partial charge in [0.05, 0.1) is 12.2 Å². The topological polar surface area (TPSA) is 32.3 Å². The van der Waals surface area contributed by atoms with Crippen LogP contribution in [0.1, 0.15) is 86.0 Å². The number of carbonyl (C=O) groups is 1. The zero-order chi connectivity index (χ0) is 15.8. The number of nitrogens with zero attached hydrogens (tertiary/aromatic N) is 1. The molecule has 3 nitrogen and oxygen atoms in total. The first-order chi connectivity index (χ1) is 10.0. The van der Waals surface area contributed by atoms with Crippen molar-refractivity contribution in [3.8, 4) is 0 Å². The van der Waals surface area contributed by atoms with E-state index >= 15 is 0 Å². The molecule has 0 radical (unpaired) electrons. The lowest BCUT2D eigenvalue weighted by molar-refractivity contribution is -0.133. The van der Waals surface area contributed by atoms with E-state index in [-0.39, 0.29) is 12.2 Å². The van der Waals surface area contributed by atoms with Crippen LogP contribution in [0.3, 0.4) is 0 Å². The van der Waals surface area contributed by atoms with Gasteiger partial charge in [-0.1, -0.05) is 60.3 Å². The predicted molar refractivity (Wildman–Crippen MR) is 90.1 cm³/mol. The summed E-state index contributed by atoms with van der Waals surface area (Å²) in [5.74, 6) is 0.922. The van der Waals surface area contributed by atoms with Gasteiger partial charge < -0.3 is 4.90 Å². The highest BCUT2D eigenvalue weighted by atomic mass is 16.2. The van der Waals surface area contributed by atoms with Crippen molar-refractivity contribution < 1.29 is 4.79 Å². The van der Waals surface area contributed by atoms with Crippen LogP contribution in [0.5, 0.6) is 0 Å². The predicted octanol–water partition coefficient (Wildman–Crippen LogP) is 4.32. The fourth-order valence-corrected chi connectivity index (χ4v) is 3.48. The molecule has 3 atom stereocenters. The van der Waals surface area contributed by atoms with Crippen LogP contribution in [0.25, 0.3) is 0 Å². The average molecular weight is 296 g/mol. The van der Waals surface area contributed by atoms with Crippen LogP contribution in [0.4, 0.5) is 0 Å². The Hall–Kier alpha value is -0.570. The largest absolute Gasteiger partial charge is 0.323 e. The van der Waals surface area contributed by atoms with Gasteiger partial charge in [-0.3, -0.25) is 10.1 Å². The molecular weight excluding hydrogens is 260 g/mol. The Morgan fingerprint density at radius 3 is 2.33 bits per heavy atom. The maximum absolute atomic E-state index is 12.9. The molecule has 1 N–H and O–H groups in total. The van der Waals surface area contributed by atoms with E-state index in [0.717, 1.165) is 38.5 Å². The molecule has 1 aliphatic heterocycles. The smallest absolute Gasteiger partial charge is 0.241 e. The summed E-state index contributed by atoms with van der Waals surface area (Å²) in [6.07, 6.45) is 9.32. The SMILES string of the molecule is CCCCC(CCC)N1C(=O)C(CC(C)C)NC1CCC. The number of carbonyl (C=O) groups excluding carboxylic acids is 1. The van der Waals surface area contributed by atoms with Gasteiger partial charge in [-0.15, -0.1) is 0 Å². The second-order valence-electron chi connectivity index (χ2n) is 6.98. The van der Waals surface area contributed by atoms with E-state index in [1.54, 1.807) is 0 Å². The van der Waals surface area contributed by atoms with Crippen molar-refractivity contribution in [1.29, 1.82) is 0 Å². The van der Waals surface area contributed by atoms with Gasteiger partial charge in [0.2, 0.25) is 5.91 Å². The third-order valence-corrected chi connectivity index (χ3v) is 4.46. The maximum atomic E-state index is 12.9. The minimum absolute atomic E-state index is 0.0440. The number of unbranched alkanes of at least 4 members (excludes halogenated alkanes) is 1. The summed E-state index contributed by atoms with van der Waals surface area (Å²) in [5, 5.41) is 3.61. The molecule has 0 aromatic rings. The minimum atomic E-state index is 0.0440. The molecule has 0 aromatic carbocycles. The fourth-order valence-electron chi connectivity index (χ4n) is 3.48. The molecule has 1 fully saturated rings. The third-order valence-electron chi connectivity index (χ3n) is 4.46. The van der Waals surface area contributed by atoms with Gasteiger partial charge in [0.1, 0.15) is 0 Å². The van der Waals surface area contributed by atoms with E-state index in [1.807, 2.05) is 0 Å². The lowest BCUT2D eigenvalue weighted by Crippen LogP contribution is -2.44. The highest BCUT2D eigenvalue weighted by molar-refractivity contribution is 5.84. The third kappa shape index (κ3) is 5.28. The second-order valence-corrected chi connectivity index (χ2v) is 6.98. The Morgan fingerprint density at radius 2 is 1.81 bits per heavy atom. The van der Waals surface area contributed by atoms with Crippen LogP contribution in [-0.2, 0) is 4.79 Å². The monoisotopic (exact) mass is 296 g/mol. The molecule has 3 unspecified atom stereocenters. The van der Waals surface area contributed by atoms with Crippen molar-refractivity contribution >= 4 is 5.91 Å². The Kier molecular flexibility index (Phi) is 8.31. The van der Waals surface area contributed by atoms with Gasteiger partial charge in [-0.2, -0.15) is 0 Å². The highest BCUT2D eigenvalue weighted by Crippen LogP contribution is 2.26. The molecular formula is C18H36N2O. The molecule has 0 aromatic heterocycles. The highest BCUT2D eigenvalue weighted by Gasteiger charge is 2.41. The summed E-state index contributed by atoms with van der Waals surface area (Å²) in [4.78, 5) is 15.1. The van der Waals surface area contributed by atoms with Crippen molar-refractivity contribution in [3.05, 3.63) is 0 Å². The quantitative estimate of drug-likeness (QED) is 0.651. The van der Waals surface area contributed by atoms with Gasteiger partial charge in [0.25, 0.3) is 0 Å². The van der Waals surface area contributed by atoms with E-state index < -0.39 is 0 Å². The molecule has 0 saturated carbocycles. The number of amides is 1. The van der Waals surface area contributed by atoms with Crippen LogP contribution in [0.15, 0.2) is 0 Å². The van der Waals surface area contributed by atoms with Gasteiger partial charge in [-0.25, -0.2) is 0 Å². The molecule has 124 valence electrons. The average Bonchev–Trinajstić information content (AvgIpc) is 2.71. The van der Waals surface area contributed by atoms with Crippen molar-refractivity contribution in [3.63, 3.8) is 0 Å². The van der Waals surface area contributed by atoms with Crippen molar-refractivity contribution in [1.82, 2.24) is 10.2 Å². The Bertz CT molecular complexity index is 304. The minimum Gasteiger partial charge on any atom is -0.323 e. The van der Waals surface area contributed by atoms with Gasteiger partial charge in [0, 0.05) is 6.04 Å². The van der Waals surface area contributed by atoms with E-state index in [0.29, 0.717) is 17.9 Å². The molecule has 1 aliphatic rings. The van der Waals surface area contributed by atoms with E-state index in [9.17, 15) is 4.79 Å². The molecule has 1 heterocycles. The standard InChI is InChI=1S/C18H36N2O/c1-6-9-12-15(10-7-2)20-17(11-8-3)19-16(18(20)21)13-14(4)5/h14-17,19H,6-13H2,1-5H3. The molecule has 1 rings (SSSR count). The Labute approximate surface area is 131 Å². The number of rotatable bonds is 10. The van der Waals surface area contributed by atoms with Crippen LogP contribution < -0.4 is 5.32 Å². The molecule has 0 bridgehead atoms. The molecule has 0 aliphatic carbocycles. The van der Waals surface area contributed by atoms with Crippen molar-refractivity contribution in [2.24, 2.45) is 5.92 Å². The Morgan fingerprint density at radius 1 is 1.10 bits per heavy atom. The molecule has 21 heavy (non-hydrogen) atoms. The summed E-state index contributed by atoms with van der Waals surface area (Å²) >= 11 is 0. The van der Waals surface area contributed by atoms with Gasteiger partial charge >= 0.3 is 0 Å². The van der Waals surface area contributed by atoms with Crippen LogP contribution in [0.2, 0.25) is 0 Å². The number of nitrogens with one attached hydrogen (secondary N) is 1. The number of hydrogen-bond acceptors (Lipinski definition) is 2. The first-order valence-electron chi connectivity index (χ1n) is 9.13. The summed E-state index contributed by atoms with van der Waals surface area (Å²) in [5.41, 5.74) is 0. The maximum Gasteiger partial charge on any atom is 0.241 e. The van der Waals surface area contributed by atoms with Crippen molar-refractivity contribution in [2.75, 3.05) is 0 Å². The lowest BCUT2D eigenvalue weighted by Gasteiger charge is -2.33. The Balaban J connectivity index is 2.82. The molecule has 1 amide bonds. The van der Waals surface area contributed by atoms with Crippen LogP contribution in [0, 0.1) is 5.92 Å². The first kappa shape index (κ1) is 18.5. The molecule has 0 spiro atoms. The summed E-state index contributed by atoms with van der Waals surface area (Å²) < 4.78 is 0. The molecule has 3 heteroatoms. The van der Waals surface area contributed by atoms with E-state index in [4.69, 9.17) is 0 Å². The van der Waals surface area contributed by atoms with Gasteiger partial charge in [-0.05, 0) is 31.6 Å².